The first-order valence-corrected chi connectivity index (χ1v) is 7.56. The number of hydrogen-bond donors (Lipinski definition) is 5. The van der Waals surface area contributed by atoms with Crippen LogP contribution in [0, 0.1) is 0 Å². The van der Waals surface area contributed by atoms with Crippen molar-refractivity contribution in [3.8, 4) is 0 Å². The van der Waals surface area contributed by atoms with E-state index in [1.54, 1.807) is 18.3 Å². The molecule has 7 nitrogen and oxygen atoms in total. The number of amides is 1. The molecule has 1 aromatic carbocycles. The number of nitrogens with zero attached hydrogens (tertiary/aromatic N) is 1. The fraction of sp³-hybridized carbons (Fsp3) is 0.200. The summed E-state index contributed by atoms with van der Waals surface area (Å²) in [6.45, 7) is 0.377. The van der Waals surface area contributed by atoms with E-state index in [1.165, 1.54) is 0 Å². The van der Waals surface area contributed by atoms with Crippen molar-refractivity contribution in [2.24, 2.45) is 0 Å². The highest BCUT2D eigenvalue weighted by molar-refractivity contribution is 6.30. The molecule has 0 aliphatic carbocycles. The van der Waals surface area contributed by atoms with Gasteiger partial charge in [-0.3, -0.25) is 9.78 Å². The van der Waals surface area contributed by atoms with Crippen molar-refractivity contribution >= 4 is 23.2 Å². The number of anilines is 1. The lowest BCUT2D eigenvalue weighted by Gasteiger charge is -2.20. The molecule has 3 rings (SSSR count). The maximum Gasteiger partial charge on any atom is 0.242 e. The van der Waals surface area contributed by atoms with Gasteiger partial charge in [0.1, 0.15) is 12.2 Å². The molecule has 0 radical (unpaired) electrons. The molecule has 1 amide bonds. The highest BCUT2D eigenvalue weighted by atomic mass is 35.5. The molecule has 5 N–H and O–H groups in total. The molecule has 1 fully saturated rings. The first kappa shape index (κ1) is 15.7. The Bertz CT molecular complexity index is 668. The van der Waals surface area contributed by atoms with Crippen LogP contribution < -0.4 is 27.0 Å². The van der Waals surface area contributed by atoms with Crippen LogP contribution in [0.15, 0.2) is 48.7 Å². The van der Waals surface area contributed by atoms with Crippen molar-refractivity contribution in [2.45, 2.75) is 18.8 Å². The zero-order chi connectivity index (χ0) is 16.1. The lowest BCUT2D eigenvalue weighted by molar-refractivity contribution is -0.123. The van der Waals surface area contributed by atoms with Crippen LogP contribution in [0.1, 0.15) is 5.69 Å². The molecule has 2 atom stereocenters. The van der Waals surface area contributed by atoms with E-state index in [0.717, 1.165) is 11.4 Å². The molecule has 2 heterocycles. The number of hydrogen-bond acceptors (Lipinski definition) is 6. The van der Waals surface area contributed by atoms with Crippen molar-refractivity contribution in [1.29, 1.82) is 0 Å². The molecule has 0 spiro atoms. The Morgan fingerprint density at radius 3 is 2.91 bits per heavy atom. The number of pyridine rings is 1. The second-order valence-electron chi connectivity index (χ2n) is 5.06. The van der Waals surface area contributed by atoms with Gasteiger partial charge in [0.15, 0.2) is 0 Å². The Kier molecular flexibility index (Phi) is 5.04. The number of hydrazine groups is 2. The predicted octanol–water partition coefficient (Wildman–Crippen LogP) is 0.770. The highest BCUT2D eigenvalue weighted by Gasteiger charge is 2.32. The average molecular weight is 333 g/mol. The summed E-state index contributed by atoms with van der Waals surface area (Å²) in [4.78, 5) is 16.5. The number of halogens is 1. The highest BCUT2D eigenvalue weighted by Crippen LogP contribution is 2.16. The minimum Gasteiger partial charge on any atom is -0.367 e. The molecule has 0 bridgehead atoms. The lowest BCUT2D eigenvalue weighted by Crippen LogP contribution is -2.50. The lowest BCUT2D eigenvalue weighted by atomic mass is 10.2. The van der Waals surface area contributed by atoms with Crippen molar-refractivity contribution in [3.05, 3.63) is 59.4 Å². The van der Waals surface area contributed by atoms with Crippen LogP contribution >= 0.6 is 11.6 Å². The Morgan fingerprint density at radius 2 is 2.13 bits per heavy atom. The summed E-state index contributed by atoms with van der Waals surface area (Å²) >= 11 is 5.97. The largest absolute Gasteiger partial charge is 0.367 e. The molecule has 1 aliphatic heterocycles. The molecule has 23 heavy (non-hydrogen) atoms. The third kappa shape index (κ3) is 4.17. The van der Waals surface area contributed by atoms with Gasteiger partial charge in [-0.2, -0.15) is 5.53 Å². The van der Waals surface area contributed by atoms with E-state index in [0.29, 0.717) is 11.6 Å². The summed E-state index contributed by atoms with van der Waals surface area (Å²) in [6.07, 6.45) is 1.37. The predicted molar refractivity (Wildman–Crippen MR) is 88.1 cm³/mol. The number of benzene rings is 1. The topological polar surface area (TPSA) is 90.1 Å². The van der Waals surface area contributed by atoms with Crippen LogP contribution in [-0.2, 0) is 11.3 Å². The molecular weight excluding hydrogens is 316 g/mol. The van der Waals surface area contributed by atoms with Crippen molar-refractivity contribution in [2.75, 3.05) is 5.32 Å². The zero-order valence-electron chi connectivity index (χ0n) is 12.2. The van der Waals surface area contributed by atoms with E-state index in [-0.39, 0.29) is 12.1 Å². The van der Waals surface area contributed by atoms with Crippen molar-refractivity contribution in [3.63, 3.8) is 0 Å². The number of nitrogens with one attached hydrogen (secondary N) is 5. The van der Waals surface area contributed by atoms with Gasteiger partial charge in [0.05, 0.1) is 12.2 Å². The van der Waals surface area contributed by atoms with Gasteiger partial charge >= 0.3 is 0 Å². The monoisotopic (exact) mass is 332 g/mol. The molecule has 0 saturated carbocycles. The standard InChI is InChI=1S/C15H17ClN6O/c16-10-4-3-6-11(8-10)19-14-13(20-22-21-14)15(23)18-9-12-5-1-2-7-17-12/h1-8,13-14,19-22H,9H2,(H,18,23). The summed E-state index contributed by atoms with van der Waals surface area (Å²) in [6, 6.07) is 12.4. The van der Waals surface area contributed by atoms with E-state index >= 15 is 0 Å². The van der Waals surface area contributed by atoms with E-state index in [9.17, 15) is 4.79 Å². The number of carbonyl (C=O) groups is 1. The fourth-order valence-electron chi connectivity index (χ4n) is 2.25. The SMILES string of the molecule is O=C(NCc1ccccn1)C1NNNC1Nc1cccc(Cl)c1. The summed E-state index contributed by atoms with van der Waals surface area (Å²) in [5.41, 5.74) is 10.2. The molecule has 2 unspecified atom stereocenters. The van der Waals surface area contributed by atoms with Crippen LogP contribution in [0.5, 0.6) is 0 Å². The van der Waals surface area contributed by atoms with Gasteiger partial charge in [0.2, 0.25) is 5.91 Å². The second-order valence-corrected chi connectivity index (χ2v) is 5.50. The summed E-state index contributed by atoms with van der Waals surface area (Å²) < 4.78 is 0. The Labute approximate surface area is 138 Å². The quantitative estimate of drug-likeness (QED) is 0.556. The van der Waals surface area contributed by atoms with Crippen molar-refractivity contribution in [1.82, 2.24) is 26.7 Å². The van der Waals surface area contributed by atoms with Gasteiger partial charge in [0, 0.05) is 16.9 Å². The molecule has 2 aromatic rings. The van der Waals surface area contributed by atoms with Gasteiger partial charge in [-0.1, -0.05) is 23.7 Å². The van der Waals surface area contributed by atoms with Gasteiger partial charge in [-0.25, -0.2) is 10.9 Å². The first-order valence-electron chi connectivity index (χ1n) is 7.18. The average Bonchev–Trinajstić information content (AvgIpc) is 3.02. The van der Waals surface area contributed by atoms with E-state index in [4.69, 9.17) is 11.6 Å². The maximum absolute atomic E-state index is 12.3. The van der Waals surface area contributed by atoms with Crippen LogP contribution in [0.25, 0.3) is 0 Å². The van der Waals surface area contributed by atoms with Gasteiger partial charge in [-0.15, -0.1) is 0 Å². The summed E-state index contributed by atoms with van der Waals surface area (Å²) in [5.74, 6) is -0.146. The van der Waals surface area contributed by atoms with Crippen LogP contribution in [0.4, 0.5) is 5.69 Å². The van der Waals surface area contributed by atoms with E-state index < -0.39 is 6.04 Å². The fourth-order valence-corrected chi connectivity index (χ4v) is 2.44. The number of rotatable bonds is 5. The smallest absolute Gasteiger partial charge is 0.242 e. The third-order valence-electron chi connectivity index (χ3n) is 3.39. The number of aromatic nitrogens is 1. The molecule has 1 aliphatic rings. The Morgan fingerprint density at radius 1 is 1.22 bits per heavy atom. The van der Waals surface area contributed by atoms with E-state index in [1.807, 2.05) is 30.3 Å². The minimum absolute atomic E-state index is 0.146. The van der Waals surface area contributed by atoms with Crippen LogP contribution in [-0.4, -0.2) is 23.1 Å². The maximum atomic E-state index is 12.3. The van der Waals surface area contributed by atoms with Gasteiger partial charge in [0.25, 0.3) is 0 Å². The summed E-state index contributed by atoms with van der Waals surface area (Å²) in [5, 5.41) is 6.70. The molecule has 8 heteroatoms. The summed E-state index contributed by atoms with van der Waals surface area (Å²) in [7, 11) is 0. The van der Waals surface area contributed by atoms with Gasteiger partial charge in [-0.05, 0) is 30.3 Å². The van der Waals surface area contributed by atoms with E-state index in [2.05, 4.69) is 32.0 Å². The molecule has 1 aromatic heterocycles. The van der Waals surface area contributed by atoms with Gasteiger partial charge < -0.3 is 10.6 Å². The van der Waals surface area contributed by atoms with Crippen LogP contribution in [0.2, 0.25) is 5.02 Å². The number of carbonyl (C=O) groups excluding carboxylic acids is 1. The Hall–Kier alpha value is -2.19. The normalized spacial score (nSPS) is 20.2. The molecule has 120 valence electrons. The zero-order valence-corrected chi connectivity index (χ0v) is 13.0. The van der Waals surface area contributed by atoms with Crippen LogP contribution in [0.3, 0.4) is 0 Å². The minimum atomic E-state index is -0.488. The van der Waals surface area contributed by atoms with Crippen molar-refractivity contribution < 1.29 is 4.79 Å². The first-order chi connectivity index (χ1) is 11.2. The molecular formula is C15H17ClN6O. The second kappa shape index (κ2) is 7.38. The molecule has 1 saturated heterocycles. The third-order valence-corrected chi connectivity index (χ3v) is 3.62. The Balaban J connectivity index is 1.58.